The fraction of sp³-hybridized carbons (Fsp3) is 0.524. The first kappa shape index (κ1) is 67.4. The number of hydrogen-bond donors (Lipinski definition) is 3. The Morgan fingerprint density at radius 2 is 0.867 bits per heavy atom. The Morgan fingerprint density at radius 3 is 1.32 bits per heavy atom. The predicted octanol–water partition coefficient (Wildman–Crippen LogP) is 13.8. The number of hydrogen-bond acceptors (Lipinski definition) is 11. The molecule has 0 amide bonds. The van der Waals surface area contributed by atoms with Gasteiger partial charge in [-0.3, -0.25) is 14.4 Å². The van der Waals surface area contributed by atoms with E-state index in [9.17, 15) is 34.5 Å². The number of allylic oxidation sites excluding steroid dienone is 25. The van der Waals surface area contributed by atoms with Crippen molar-refractivity contribution < 1.29 is 58.2 Å². The first-order valence-electron chi connectivity index (χ1n) is 27.5. The molecule has 0 radical (unpaired) electrons. The summed E-state index contributed by atoms with van der Waals surface area (Å²) in [5, 5.41) is 31.4. The third-order valence-electron chi connectivity index (χ3n) is 11.1. The van der Waals surface area contributed by atoms with E-state index in [1.165, 1.54) is 0 Å². The van der Waals surface area contributed by atoms with Crippen molar-refractivity contribution in [2.24, 2.45) is 0 Å². The molecule has 1 fully saturated rings. The Balaban J connectivity index is 2.84. The first-order chi connectivity index (χ1) is 36.6. The number of carboxylic acids is 1. The molecule has 75 heavy (non-hydrogen) atoms. The molecule has 3 N–H and O–H groups in total. The van der Waals surface area contributed by atoms with Crippen LogP contribution in [0, 0.1) is 0 Å². The predicted molar refractivity (Wildman–Crippen MR) is 302 cm³/mol. The lowest BCUT2D eigenvalue weighted by Crippen LogP contribution is -2.61. The summed E-state index contributed by atoms with van der Waals surface area (Å²) in [5.41, 5.74) is 0. The minimum absolute atomic E-state index is 0.0834. The van der Waals surface area contributed by atoms with Gasteiger partial charge in [-0.1, -0.05) is 192 Å². The average molecular weight is 1040 g/mol. The Hall–Kier alpha value is -5.66. The molecule has 1 heterocycles. The van der Waals surface area contributed by atoms with Crippen molar-refractivity contribution in [3.05, 3.63) is 158 Å². The highest BCUT2D eigenvalue weighted by molar-refractivity contribution is 5.74. The summed E-state index contributed by atoms with van der Waals surface area (Å²) >= 11 is 0. The number of carboxylic acid groups (broad SMARTS) is 1. The third kappa shape index (κ3) is 39.4. The van der Waals surface area contributed by atoms with E-state index in [4.69, 9.17) is 23.7 Å². The summed E-state index contributed by atoms with van der Waals surface area (Å²) in [5.74, 6) is -3.46. The van der Waals surface area contributed by atoms with Crippen LogP contribution in [0.4, 0.5) is 0 Å². The molecule has 0 spiro atoms. The monoisotopic (exact) mass is 1040 g/mol. The van der Waals surface area contributed by atoms with E-state index >= 15 is 0 Å². The van der Waals surface area contributed by atoms with Gasteiger partial charge in [-0.15, -0.1) is 0 Å². The van der Waals surface area contributed by atoms with Gasteiger partial charge in [-0.25, -0.2) is 4.79 Å². The van der Waals surface area contributed by atoms with Gasteiger partial charge in [-0.05, 0) is 109 Å². The normalized spacial score (nSPS) is 19.4. The zero-order valence-electron chi connectivity index (χ0n) is 45.5. The number of carbonyl (C=O) groups is 4. The molecule has 0 bridgehead atoms. The summed E-state index contributed by atoms with van der Waals surface area (Å²) in [7, 11) is 0. The van der Waals surface area contributed by atoms with Crippen LogP contribution in [0.1, 0.15) is 162 Å². The lowest BCUT2D eigenvalue weighted by Gasteiger charge is -2.40. The van der Waals surface area contributed by atoms with Crippen molar-refractivity contribution in [2.75, 3.05) is 13.2 Å². The lowest BCUT2D eigenvalue weighted by atomic mass is 9.98. The lowest BCUT2D eigenvalue weighted by molar-refractivity contribution is -0.301. The SMILES string of the molecule is CC/C=C\C/C=C\C/C=C\C/C=C\C/C=C\CC(=O)OC(COC(=O)CCCCCC/C=C\C/C=C\C/C=C\C/C=C\CC)COC1OC(C(=O)O)C(O)C(O)C1OC(=O)CC/C=C\C/C=C\C/C=C\C/C=C\CC. The van der Waals surface area contributed by atoms with Gasteiger partial charge in [0.1, 0.15) is 18.8 Å². The number of rotatable bonds is 43. The van der Waals surface area contributed by atoms with Crippen molar-refractivity contribution in [1.29, 1.82) is 0 Å². The molecular weight excluding hydrogens is 949 g/mol. The molecule has 0 saturated carbocycles. The van der Waals surface area contributed by atoms with E-state index in [0.717, 1.165) is 96.3 Å². The van der Waals surface area contributed by atoms with Crippen LogP contribution >= 0.6 is 0 Å². The van der Waals surface area contributed by atoms with Crippen LogP contribution in [0.2, 0.25) is 0 Å². The van der Waals surface area contributed by atoms with Crippen molar-refractivity contribution in [1.82, 2.24) is 0 Å². The van der Waals surface area contributed by atoms with Crippen LogP contribution in [0.3, 0.4) is 0 Å². The van der Waals surface area contributed by atoms with Gasteiger partial charge in [0.2, 0.25) is 0 Å². The van der Waals surface area contributed by atoms with E-state index < -0.39 is 67.3 Å². The van der Waals surface area contributed by atoms with Gasteiger partial charge in [0.05, 0.1) is 13.0 Å². The first-order valence-corrected chi connectivity index (χ1v) is 27.5. The van der Waals surface area contributed by atoms with Gasteiger partial charge >= 0.3 is 23.9 Å². The highest BCUT2D eigenvalue weighted by atomic mass is 16.7. The topological polar surface area (TPSA) is 175 Å². The maximum atomic E-state index is 13.1. The number of aliphatic carboxylic acids is 1. The van der Waals surface area contributed by atoms with Crippen molar-refractivity contribution >= 4 is 23.9 Å². The fourth-order valence-corrected chi connectivity index (χ4v) is 7.03. The standard InChI is InChI=1S/C63H92O12/c1-4-7-10-13-16-19-22-25-27-28-30-32-34-37-40-43-46-49-55(64)71-52-54(73-56(65)50-47-44-41-38-36-33-29-26-23-20-17-14-11-8-5-2)53-72-63-61(59(68)58(67)60(75-63)62(69)70)74-57(66)51-48-45-42-39-35-31-24-21-18-15-12-9-6-3/h7-12,16-21,25-27,29-32,35-36,38,42,44-45,47,54,58-61,63,67-68H,4-6,13-15,22-24,28,33-34,37,39-41,43,46,48-53H2,1-3H3,(H,69,70)/b10-7-,11-8-,12-9-,19-16-,20-17-,21-18-,27-25-,29-26-,32-30-,35-31-,38-36-,45-42-,47-44-. The van der Waals surface area contributed by atoms with Crippen molar-refractivity contribution in [3.63, 3.8) is 0 Å². The number of carbonyl (C=O) groups excluding carboxylic acids is 3. The van der Waals surface area contributed by atoms with Gasteiger partial charge < -0.3 is 39.0 Å². The minimum atomic E-state index is -1.95. The number of esters is 3. The molecule has 416 valence electrons. The number of aliphatic hydroxyl groups excluding tert-OH is 2. The van der Waals surface area contributed by atoms with Crippen molar-refractivity contribution in [3.8, 4) is 0 Å². The van der Waals surface area contributed by atoms with E-state index in [1.54, 1.807) is 6.08 Å². The average Bonchev–Trinajstić information content (AvgIpc) is 3.39. The zero-order chi connectivity index (χ0) is 54.7. The van der Waals surface area contributed by atoms with Gasteiger partial charge in [-0.2, -0.15) is 0 Å². The van der Waals surface area contributed by atoms with E-state index in [1.807, 2.05) is 36.5 Å². The van der Waals surface area contributed by atoms with E-state index in [2.05, 4.69) is 136 Å². The maximum Gasteiger partial charge on any atom is 0.335 e. The Kier molecular flexibility index (Phi) is 44.2. The molecule has 1 rings (SSSR count). The summed E-state index contributed by atoms with van der Waals surface area (Å²) in [6.45, 7) is 5.46. The van der Waals surface area contributed by atoms with Gasteiger partial charge in [0.15, 0.2) is 24.6 Å². The summed E-state index contributed by atoms with van der Waals surface area (Å²) in [6.07, 6.45) is 59.8. The Bertz CT molecular complexity index is 1910. The van der Waals surface area contributed by atoms with Gasteiger partial charge in [0.25, 0.3) is 0 Å². The molecule has 0 aliphatic carbocycles. The summed E-state index contributed by atoms with van der Waals surface area (Å²) < 4.78 is 28.1. The second-order valence-corrected chi connectivity index (χ2v) is 17.7. The van der Waals surface area contributed by atoms with Gasteiger partial charge in [0, 0.05) is 12.8 Å². The Labute approximate surface area is 450 Å². The van der Waals surface area contributed by atoms with Crippen LogP contribution in [0.5, 0.6) is 0 Å². The van der Waals surface area contributed by atoms with E-state index in [-0.39, 0.29) is 25.9 Å². The molecule has 6 atom stereocenters. The number of unbranched alkanes of at least 4 members (excludes halogenated alkanes) is 4. The molecule has 0 aromatic carbocycles. The quantitative estimate of drug-likeness (QED) is 0.0228. The highest BCUT2D eigenvalue weighted by Crippen LogP contribution is 2.26. The van der Waals surface area contributed by atoms with Crippen LogP contribution in [0.15, 0.2) is 158 Å². The van der Waals surface area contributed by atoms with Crippen LogP contribution in [-0.2, 0) is 42.9 Å². The van der Waals surface area contributed by atoms with Crippen LogP contribution < -0.4 is 0 Å². The minimum Gasteiger partial charge on any atom is -0.479 e. The fourth-order valence-electron chi connectivity index (χ4n) is 7.03. The molecular formula is C63H92O12. The maximum absolute atomic E-state index is 13.1. The molecule has 1 saturated heterocycles. The molecule has 1 aliphatic rings. The van der Waals surface area contributed by atoms with Crippen LogP contribution in [0.25, 0.3) is 0 Å². The second-order valence-electron chi connectivity index (χ2n) is 17.7. The zero-order valence-corrected chi connectivity index (χ0v) is 45.5. The van der Waals surface area contributed by atoms with Crippen molar-refractivity contribution in [2.45, 2.75) is 199 Å². The molecule has 12 nitrogen and oxygen atoms in total. The summed E-state index contributed by atoms with van der Waals surface area (Å²) in [6, 6.07) is 0. The third-order valence-corrected chi connectivity index (χ3v) is 11.1. The Morgan fingerprint density at radius 1 is 0.453 bits per heavy atom. The smallest absolute Gasteiger partial charge is 0.335 e. The molecule has 0 aromatic rings. The highest BCUT2D eigenvalue weighted by Gasteiger charge is 2.50. The largest absolute Gasteiger partial charge is 0.479 e. The molecule has 1 aliphatic heterocycles. The number of ether oxygens (including phenoxy) is 5. The summed E-state index contributed by atoms with van der Waals surface area (Å²) in [4.78, 5) is 50.9. The molecule has 6 unspecified atom stereocenters. The van der Waals surface area contributed by atoms with E-state index in [0.29, 0.717) is 25.7 Å². The molecule has 12 heteroatoms. The molecule has 0 aromatic heterocycles. The second kappa shape index (κ2) is 49.2. The number of aliphatic hydroxyl groups is 2. The van der Waals surface area contributed by atoms with Crippen LogP contribution in [-0.4, -0.2) is 89.2 Å².